The Balaban J connectivity index is 2.25. The molecule has 0 aromatic heterocycles. The van der Waals surface area contributed by atoms with Crippen LogP contribution in [0.2, 0.25) is 0 Å². The van der Waals surface area contributed by atoms with Gasteiger partial charge in [-0.1, -0.05) is 0 Å². The molecule has 7 heteroatoms. The minimum atomic E-state index is -0.645. The van der Waals surface area contributed by atoms with Gasteiger partial charge in [0.25, 0.3) is 5.91 Å². The zero-order valence-corrected chi connectivity index (χ0v) is 10.4. The summed E-state index contributed by atoms with van der Waals surface area (Å²) in [4.78, 5) is 15.7. The van der Waals surface area contributed by atoms with E-state index in [1.165, 1.54) is 37.0 Å². The zero-order chi connectivity index (χ0) is 13.3. The lowest BCUT2D eigenvalue weighted by Gasteiger charge is -2.10. The van der Waals surface area contributed by atoms with Crippen LogP contribution < -0.4 is 0 Å². The minimum Gasteiger partial charge on any atom is -0.508 e. The first-order valence-electron chi connectivity index (χ1n) is 5.18. The quantitative estimate of drug-likeness (QED) is 0.545. The van der Waals surface area contributed by atoms with Gasteiger partial charge >= 0.3 is 0 Å². The van der Waals surface area contributed by atoms with E-state index in [0.29, 0.717) is 21.4 Å². The first-order valence-corrected chi connectivity index (χ1v) is 6.17. The number of benzene rings is 1. The SMILES string of the molecule is CN(O)C(=O)[C@H]1CSC(c2ccc(O)cc2O)=N1. The highest BCUT2D eigenvalue weighted by molar-refractivity contribution is 8.14. The molecule has 1 heterocycles. The second-order valence-corrected chi connectivity index (χ2v) is 4.83. The summed E-state index contributed by atoms with van der Waals surface area (Å²) in [6.45, 7) is 0. The van der Waals surface area contributed by atoms with Gasteiger partial charge < -0.3 is 10.2 Å². The Morgan fingerprint density at radius 1 is 1.50 bits per heavy atom. The predicted molar refractivity (Wildman–Crippen MR) is 67.1 cm³/mol. The van der Waals surface area contributed by atoms with Crippen molar-refractivity contribution in [3.05, 3.63) is 23.8 Å². The lowest BCUT2D eigenvalue weighted by atomic mass is 10.2. The van der Waals surface area contributed by atoms with Gasteiger partial charge in [0.15, 0.2) is 0 Å². The minimum absolute atomic E-state index is 0.0393. The van der Waals surface area contributed by atoms with Crippen molar-refractivity contribution in [2.24, 2.45) is 4.99 Å². The van der Waals surface area contributed by atoms with E-state index in [9.17, 15) is 15.0 Å². The number of aromatic hydroxyl groups is 2. The van der Waals surface area contributed by atoms with Crippen molar-refractivity contribution in [2.75, 3.05) is 12.8 Å². The summed E-state index contributed by atoms with van der Waals surface area (Å²) in [5.74, 6) is -0.204. The van der Waals surface area contributed by atoms with E-state index in [0.717, 1.165) is 0 Å². The summed E-state index contributed by atoms with van der Waals surface area (Å²) < 4.78 is 0. The van der Waals surface area contributed by atoms with Crippen LogP contribution in [-0.2, 0) is 4.79 Å². The summed E-state index contributed by atoms with van der Waals surface area (Å²) in [5.41, 5.74) is 0.466. The molecular weight excluding hydrogens is 256 g/mol. The fourth-order valence-electron chi connectivity index (χ4n) is 1.56. The second-order valence-electron chi connectivity index (χ2n) is 3.82. The Morgan fingerprint density at radius 2 is 2.22 bits per heavy atom. The number of phenolic OH excluding ortho intramolecular Hbond substituents is 2. The molecule has 0 radical (unpaired) electrons. The number of amides is 1. The van der Waals surface area contributed by atoms with Gasteiger partial charge in [0.2, 0.25) is 0 Å². The fourth-order valence-corrected chi connectivity index (χ4v) is 2.63. The molecule has 3 N–H and O–H groups in total. The van der Waals surface area contributed by atoms with E-state index in [1.807, 2.05) is 0 Å². The normalized spacial score (nSPS) is 18.6. The number of thioether (sulfide) groups is 1. The van der Waals surface area contributed by atoms with Crippen LogP contribution in [0, 0.1) is 0 Å². The van der Waals surface area contributed by atoms with Gasteiger partial charge in [-0.2, -0.15) is 0 Å². The second kappa shape index (κ2) is 4.87. The Kier molecular flexibility index (Phi) is 3.44. The summed E-state index contributed by atoms with van der Waals surface area (Å²) in [6.07, 6.45) is 0. The molecule has 6 nitrogen and oxygen atoms in total. The van der Waals surface area contributed by atoms with E-state index in [-0.39, 0.29) is 11.5 Å². The molecule has 0 fully saturated rings. The molecule has 2 rings (SSSR count). The van der Waals surface area contributed by atoms with Gasteiger partial charge in [-0.05, 0) is 12.1 Å². The van der Waals surface area contributed by atoms with Gasteiger partial charge in [0.05, 0.1) is 0 Å². The highest BCUT2D eigenvalue weighted by Crippen LogP contribution is 2.31. The molecule has 1 aromatic rings. The number of likely N-dealkylation sites (N-methyl/N-ethyl adjacent to an activating group) is 1. The molecule has 0 aliphatic carbocycles. The van der Waals surface area contributed by atoms with Crippen LogP contribution in [0.4, 0.5) is 0 Å². The molecule has 0 saturated heterocycles. The number of hydrogen-bond acceptors (Lipinski definition) is 6. The Labute approximate surface area is 108 Å². The average Bonchev–Trinajstić information content (AvgIpc) is 2.77. The lowest BCUT2D eigenvalue weighted by Crippen LogP contribution is -2.33. The third kappa shape index (κ3) is 2.41. The molecule has 18 heavy (non-hydrogen) atoms. The standard InChI is InChI=1S/C11H12N2O4S/c1-13(17)11(16)8-5-18-10(12-8)7-3-2-6(14)4-9(7)15/h2-4,8,14-15,17H,5H2,1H3/t8-/m1/s1. The molecule has 96 valence electrons. The molecular formula is C11H12N2O4S. The number of carbonyl (C=O) groups is 1. The molecule has 0 bridgehead atoms. The number of aliphatic imine (C=N–C) groups is 1. The van der Waals surface area contributed by atoms with Crippen molar-refractivity contribution in [3.63, 3.8) is 0 Å². The van der Waals surface area contributed by atoms with Crippen molar-refractivity contribution in [3.8, 4) is 11.5 Å². The topological polar surface area (TPSA) is 93.4 Å². The molecule has 0 saturated carbocycles. The van der Waals surface area contributed by atoms with Crippen molar-refractivity contribution in [2.45, 2.75) is 6.04 Å². The lowest BCUT2D eigenvalue weighted by molar-refractivity contribution is -0.160. The van der Waals surface area contributed by atoms with Crippen molar-refractivity contribution in [1.82, 2.24) is 5.06 Å². The van der Waals surface area contributed by atoms with Gasteiger partial charge in [0, 0.05) is 24.4 Å². The number of rotatable bonds is 2. The maximum Gasteiger partial charge on any atom is 0.271 e. The third-order valence-electron chi connectivity index (χ3n) is 2.47. The van der Waals surface area contributed by atoms with E-state index >= 15 is 0 Å². The number of hydroxylamine groups is 2. The molecule has 1 atom stereocenters. The van der Waals surface area contributed by atoms with Gasteiger partial charge in [-0.15, -0.1) is 11.8 Å². The van der Waals surface area contributed by atoms with Crippen LogP contribution in [0.25, 0.3) is 0 Å². The summed E-state index contributed by atoms with van der Waals surface area (Å²) in [5, 5.41) is 29.0. The molecule has 1 amide bonds. The van der Waals surface area contributed by atoms with Crippen LogP contribution in [0.1, 0.15) is 5.56 Å². The largest absolute Gasteiger partial charge is 0.508 e. The molecule has 0 spiro atoms. The summed E-state index contributed by atoms with van der Waals surface area (Å²) in [7, 11) is 1.25. The van der Waals surface area contributed by atoms with Gasteiger partial charge in [-0.3, -0.25) is 15.0 Å². The van der Waals surface area contributed by atoms with E-state index in [1.54, 1.807) is 0 Å². The molecule has 1 aromatic carbocycles. The Morgan fingerprint density at radius 3 is 2.83 bits per heavy atom. The third-order valence-corrected chi connectivity index (χ3v) is 3.55. The van der Waals surface area contributed by atoms with Crippen molar-refractivity contribution < 1.29 is 20.2 Å². The maximum absolute atomic E-state index is 11.5. The highest BCUT2D eigenvalue weighted by Gasteiger charge is 2.28. The monoisotopic (exact) mass is 268 g/mol. The fraction of sp³-hybridized carbons (Fsp3) is 0.273. The summed E-state index contributed by atoms with van der Waals surface area (Å²) >= 11 is 1.32. The molecule has 1 aliphatic rings. The van der Waals surface area contributed by atoms with Gasteiger partial charge in [0.1, 0.15) is 22.6 Å². The van der Waals surface area contributed by atoms with Crippen LogP contribution >= 0.6 is 11.8 Å². The number of nitrogens with zero attached hydrogens (tertiary/aromatic N) is 2. The van der Waals surface area contributed by atoms with Gasteiger partial charge in [-0.25, -0.2) is 5.06 Å². The van der Waals surface area contributed by atoms with E-state index < -0.39 is 11.9 Å². The maximum atomic E-state index is 11.5. The van der Waals surface area contributed by atoms with Crippen LogP contribution in [0.3, 0.4) is 0 Å². The molecule has 1 aliphatic heterocycles. The molecule has 0 unspecified atom stereocenters. The summed E-state index contributed by atoms with van der Waals surface area (Å²) in [6, 6.07) is 3.54. The number of phenols is 2. The Hall–Kier alpha value is -1.73. The number of hydrogen-bond donors (Lipinski definition) is 3. The van der Waals surface area contributed by atoms with Crippen LogP contribution in [-0.4, -0.2) is 50.3 Å². The van der Waals surface area contributed by atoms with Crippen LogP contribution in [0.15, 0.2) is 23.2 Å². The first-order chi connectivity index (χ1) is 8.49. The predicted octanol–water partition coefficient (Wildman–Crippen LogP) is 0.807. The van der Waals surface area contributed by atoms with Crippen molar-refractivity contribution >= 4 is 22.7 Å². The van der Waals surface area contributed by atoms with E-state index in [4.69, 9.17) is 5.21 Å². The zero-order valence-electron chi connectivity index (χ0n) is 9.57. The smallest absolute Gasteiger partial charge is 0.271 e. The first kappa shape index (κ1) is 12.7. The highest BCUT2D eigenvalue weighted by atomic mass is 32.2. The van der Waals surface area contributed by atoms with Crippen LogP contribution in [0.5, 0.6) is 11.5 Å². The Bertz CT molecular complexity index is 516. The number of carbonyl (C=O) groups excluding carboxylic acids is 1. The van der Waals surface area contributed by atoms with E-state index in [2.05, 4.69) is 4.99 Å². The average molecular weight is 268 g/mol. The van der Waals surface area contributed by atoms with Crippen molar-refractivity contribution in [1.29, 1.82) is 0 Å².